The minimum absolute atomic E-state index is 0.0552. The molecule has 36 heavy (non-hydrogen) atoms. The van der Waals surface area contributed by atoms with Gasteiger partial charge in [-0.1, -0.05) is 12.1 Å². The van der Waals surface area contributed by atoms with Crippen molar-refractivity contribution in [2.45, 2.75) is 53.1 Å². The number of halogens is 3. The lowest BCUT2D eigenvalue weighted by Gasteiger charge is -2.20. The molecule has 0 fully saturated rings. The molecule has 0 radical (unpaired) electrons. The van der Waals surface area contributed by atoms with Crippen molar-refractivity contribution in [3.8, 4) is 23.1 Å². The summed E-state index contributed by atoms with van der Waals surface area (Å²) in [7, 11) is 0. The highest BCUT2D eigenvalue weighted by molar-refractivity contribution is 5.94. The molecular weight excluding hydrogens is 477 g/mol. The van der Waals surface area contributed by atoms with Gasteiger partial charge in [-0.3, -0.25) is 4.57 Å². The third kappa shape index (κ3) is 4.78. The van der Waals surface area contributed by atoms with Crippen LogP contribution in [-0.4, -0.2) is 36.7 Å². The maximum Gasteiger partial charge on any atom is 0.425 e. The van der Waals surface area contributed by atoms with Crippen molar-refractivity contribution in [1.29, 1.82) is 0 Å². The quantitative estimate of drug-likeness (QED) is 0.389. The molecule has 1 N–H and O–H groups in total. The second-order valence-electron chi connectivity index (χ2n) is 8.34. The number of hydrogen-bond donors (Lipinski definition) is 1. The number of aromatic nitrogens is 4. The third-order valence-electron chi connectivity index (χ3n) is 5.73. The van der Waals surface area contributed by atoms with E-state index in [9.17, 15) is 23.1 Å². The van der Waals surface area contributed by atoms with E-state index in [1.807, 2.05) is 26.0 Å². The Morgan fingerprint density at radius 3 is 2.50 bits per heavy atom. The standard InChI is InChI=1S/C25H25F3N4O4/c1-5-31-21(13-33)30-32(24(31)34)18-11-17-8-9-29-23(36-19-10-14(2)6-7-15(19)3)22(17)20(12-18)35-16(4)25(26,27)28/h6-12,16,33H,5,13H2,1-4H3. The minimum atomic E-state index is -4.64. The Morgan fingerprint density at radius 2 is 1.86 bits per heavy atom. The summed E-state index contributed by atoms with van der Waals surface area (Å²) >= 11 is 0. The molecule has 4 rings (SSSR count). The van der Waals surface area contributed by atoms with Crippen LogP contribution >= 0.6 is 0 Å². The van der Waals surface area contributed by atoms with Crippen LogP contribution in [0.4, 0.5) is 13.2 Å². The first-order valence-electron chi connectivity index (χ1n) is 11.2. The molecule has 2 aromatic heterocycles. The molecule has 11 heteroatoms. The highest BCUT2D eigenvalue weighted by atomic mass is 19.4. The zero-order valence-corrected chi connectivity index (χ0v) is 20.1. The molecule has 0 aliphatic rings. The lowest BCUT2D eigenvalue weighted by atomic mass is 10.1. The van der Waals surface area contributed by atoms with E-state index in [1.54, 1.807) is 25.1 Å². The van der Waals surface area contributed by atoms with E-state index in [4.69, 9.17) is 9.47 Å². The smallest absolute Gasteiger partial charge is 0.425 e. The number of ether oxygens (including phenoxy) is 2. The Balaban J connectivity index is 1.94. The van der Waals surface area contributed by atoms with Gasteiger partial charge in [0.1, 0.15) is 18.1 Å². The normalized spacial score (nSPS) is 12.7. The Morgan fingerprint density at radius 1 is 1.11 bits per heavy atom. The molecular formula is C25H25F3N4O4. The van der Waals surface area contributed by atoms with Gasteiger partial charge in [0.25, 0.3) is 0 Å². The number of rotatable bonds is 7. The van der Waals surface area contributed by atoms with Crippen molar-refractivity contribution in [3.05, 3.63) is 70.0 Å². The van der Waals surface area contributed by atoms with Gasteiger partial charge in [-0.2, -0.15) is 17.9 Å². The van der Waals surface area contributed by atoms with Gasteiger partial charge in [0, 0.05) is 18.8 Å². The number of aryl methyl sites for hydroxylation is 2. The summed E-state index contributed by atoms with van der Waals surface area (Å²) in [5, 5.41) is 14.4. The summed E-state index contributed by atoms with van der Waals surface area (Å²) in [6, 6.07) is 10.0. The molecule has 0 saturated carbocycles. The fraction of sp³-hybridized carbons (Fsp3) is 0.320. The van der Waals surface area contributed by atoms with Crippen LogP contribution in [0, 0.1) is 13.8 Å². The number of benzene rings is 2. The Labute approximate surface area is 204 Å². The summed E-state index contributed by atoms with van der Waals surface area (Å²) in [5.74, 6) is 0.505. The van der Waals surface area contributed by atoms with Gasteiger partial charge in [-0.05, 0) is 62.4 Å². The van der Waals surface area contributed by atoms with Crippen molar-refractivity contribution in [3.63, 3.8) is 0 Å². The van der Waals surface area contributed by atoms with E-state index < -0.39 is 24.6 Å². The van der Waals surface area contributed by atoms with Gasteiger partial charge < -0.3 is 14.6 Å². The van der Waals surface area contributed by atoms with E-state index in [1.165, 1.54) is 16.8 Å². The fourth-order valence-electron chi connectivity index (χ4n) is 3.74. The maximum absolute atomic E-state index is 13.4. The van der Waals surface area contributed by atoms with E-state index >= 15 is 0 Å². The van der Waals surface area contributed by atoms with E-state index in [0.717, 1.165) is 22.7 Å². The molecule has 190 valence electrons. The Hall–Kier alpha value is -3.86. The number of fused-ring (bicyclic) bond motifs is 1. The Bertz CT molecular complexity index is 1480. The summed E-state index contributed by atoms with van der Waals surface area (Å²) in [6.07, 6.45) is -5.33. The van der Waals surface area contributed by atoms with Crippen molar-refractivity contribution in [2.24, 2.45) is 0 Å². The molecule has 8 nitrogen and oxygen atoms in total. The van der Waals surface area contributed by atoms with Crippen LogP contribution in [0.3, 0.4) is 0 Å². The second kappa shape index (κ2) is 9.65. The van der Waals surface area contributed by atoms with Crippen molar-refractivity contribution >= 4 is 10.8 Å². The molecule has 0 saturated heterocycles. The zero-order chi connectivity index (χ0) is 26.2. The molecule has 1 atom stereocenters. The van der Waals surface area contributed by atoms with Crippen LogP contribution in [0.25, 0.3) is 16.5 Å². The highest BCUT2D eigenvalue weighted by Gasteiger charge is 2.38. The minimum Gasteiger partial charge on any atom is -0.480 e. The van der Waals surface area contributed by atoms with Crippen LogP contribution in [0.1, 0.15) is 30.8 Å². The summed E-state index contributed by atoms with van der Waals surface area (Å²) in [4.78, 5) is 17.1. The van der Waals surface area contributed by atoms with Crippen molar-refractivity contribution in [2.75, 3.05) is 0 Å². The van der Waals surface area contributed by atoms with Crippen LogP contribution < -0.4 is 15.2 Å². The molecule has 0 bridgehead atoms. The summed E-state index contributed by atoms with van der Waals surface area (Å²) in [6.45, 7) is 6.13. The number of nitrogens with zero attached hydrogens (tertiary/aromatic N) is 4. The summed E-state index contributed by atoms with van der Waals surface area (Å²) < 4.78 is 54.0. The average molecular weight is 502 g/mol. The number of hydrogen-bond acceptors (Lipinski definition) is 6. The van der Waals surface area contributed by atoms with E-state index in [2.05, 4.69) is 10.1 Å². The first kappa shape index (κ1) is 25.2. The number of alkyl halides is 3. The topological polar surface area (TPSA) is 91.4 Å². The van der Waals surface area contributed by atoms with Gasteiger partial charge in [-0.15, -0.1) is 5.10 Å². The number of pyridine rings is 1. The molecule has 2 aromatic carbocycles. The van der Waals surface area contributed by atoms with Crippen LogP contribution in [0.5, 0.6) is 17.4 Å². The number of aliphatic hydroxyl groups excluding tert-OH is 1. The highest BCUT2D eigenvalue weighted by Crippen LogP contribution is 2.39. The van der Waals surface area contributed by atoms with Crippen molar-refractivity contribution < 1.29 is 27.8 Å². The third-order valence-corrected chi connectivity index (χ3v) is 5.73. The molecule has 0 aliphatic heterocycles. The van der Waals surface area contributed by atoms with E-state index in [0.29, 0.717) is 11.1 Å². The zero-order valence-electron chi connectivity index (χ0n) is 20.1. The summed E-state index contributed by atoms with van der Waals surface area (Å²) in [5.41, 5.74) is 1.38. The van der Waals surface area contributed by atoms with E-state index in [-0.39, 0.29) is 35.1 Å². The first-order valence-corrected chi connectivity index (χ1v) is 11.2. The molecule has 4 aromatic rings. The molecule has 0 amide bonds. The maximum atomic E-state index is 13.4. The molecule has 0 spiro atoms. The molecule has 0 aliphatic carbocycles. The van der Waals surface area contributed by atoms with Crippen LogP contribution in [0.15, 0.2) is 47.4 Å². The van der Waals surface area contributed by atoms with Crippen molar-refractivity contribution in [1.82, 2.24) is 19.3 Å². The number of aliphatic hydroxyl groups is 1. The van der Waals surface area contributed by atoms with Gasteiger partial charge in [0.15, 0.2) is 11.9 Å². The molecule has 1 unspecified atom stereocenters. The van der Waals surface area contributed by atoms with Gasteiger partial charge >= 0.3 is 11.9 Å². The fourth-order valence-corrected chi connectivity index (χ4v) is 3.74. The first-order chi connectivity index (χ1) is 17.0. The lowest BCUT2D eigenvalue weighted by Crippen LogP contribution is -2.31. The van der Waals surface area contributed by atoms with Gasteiger partial charge in [0.2, 0.25) is 5.88 Å². The predicted octanol–water partition coefficient (Wildman–Crippen LogP) is 4.83. The largest absolute Gasteiger partial charge is 0.480 e. The molecule has 2 heterocycles. The monoisotopic (exact) mass is 502 g/mol. The second-order valence-corrected chi connectivity index (χ2v) is 8.34. The lowest BCUT2D eigenvalue weighted by molar-refractivity contribution is -0.189. The van der Waals surface area contributed by atoms with Gasteiger partial charge in [0.05, 0.1) is 11.1 Å². The SMILES string of the molecule is CCn1c(CO)nn(-c2cc(OC(C)C(F)(F)F)c3c(Oc4cc(C)ccc4C)nccc3c2)c1=O. The van der Waals surface area contributed by atoms with Gasteiger partial charge in [-0.25, -0.2) is 9.78 Å². The average Bonchev–Trinajstić information content (AvgIpc) is 3.16. The van der Waals surface area contributed by atoms with Crippen LogP contribution in [0.2, 0.25) is 0 Å². The predicted molar refractivity (Wildman–Crippen MR) is 127 cm³/mol. The Kier molecular flexibility index (Phi) is 6.77. The van der Waals surface area contributed by atoms with Crippen LogP contribution in [-0.2, 0) is 13.2 Å².